The molecule has 0 spiro atoms. The Hall–Kier alpha value is -3.86. The van der Waals surface area contributed by atoms with Gasteiger partial charge >= 0.3 is 5.97 Å². The molecule has 0 aliphatic rings. The predicted octanol–water partition coefficient (Wildman–Crippen LogP) is 4.97. The topological polar surface area (TPSA) is 64.6 Å². The monoisotopic (exact) mass is 401 g/mol. The fourth-order valence-electron chi connectivity index (χ4n) is 3.06. The van der Waals surface area contributed by atoms with E-state index < -0.39 is 5.97 Å². The molecule has 0 fully saturated rings. The molecule has 30 heavy (non-hydrogen) atoms. The van der Waals surface area contributed by atoms with Crippen LogP contribution >= 0.6 is 0 Å². The van der Waals surface area contributed by atoms with Gasteiger partial charge in [0.2, 0.25) is 0 Å². The summed E-state index contributed by atoms with van der Waals surface area (Å²) in [7, 11) is 2.94. The van der Waals surface area contributed by atoms with E-state index in [9.17, 15) is 9.59 Å². The molecule has 3 aromatic carbocycles. The quantitative estimate of drug-likeness (QED) is 0.360. The van der Waals surface area contributed by atoms with Gasteiger partial charge < -0.3 is 14.8 Å². The number of anilines is 1. The number of methoxy groups -OCH3 is 2. The van der Waals surface area contributed by atoms with Crippen molar-refractivity contribution in [3.8, 4) is 5.75 Å². The maximum Gasteiger partial charge on any atom is 0.338 e. The molecule has 0 radical (unpaired) electrons. The van der Waals surface area contributed by atoms with Crippen molar-refractivity contribution in [2.24, 2.45) is 0 Å². The standard InChI is InChI=1S/C25H23NO4/c1-17-21(25(28)30-3)10-7-11-23(17)26-24(27)22(19-8-5-4-6-9-19)16-18-12-14-20(29-2)15-13-18/h4-16H,1-3H3,(H,26,27)/b22-16+. The fourth-order valence-corrected chi connectivity index (χ4v) is 3.06. The molecule has 3 rings (SSSR count). The first-order chi connectivity index (χ1) is 14.5. The first kappa shape index (κ1) is 20.9. The van der Waals surface area contributed by atoms with Gasteiger partial charge in [-0.25, -0.2) is 4.79 Å². The minimum absolute atomic E-state index is 0.276. The fraction of sp³-hybridized carbons (Fsp3) is 0.120. The number of ether oxygens (including phenoxy) is 2. The van der Waals surface area contributed by atoms with E-state index in [1.807, 2.05) is 60.7 Å². The third kappa shape index (κ3) is 4.75. The number of esters is 1. The summed E-state index contributed by atoms with van der Waals surface area (Å²) in [5.74, 6) is 0.0240. The van der Waals surface area contributed by atoms with Crippen LogP contribution in [-0.4, -0.2) is 26.1 Å². The number of rotatable bonds is 6. The molecule has 0 bridgehead atoms. The van der Waals surface area contributed by atoms with Gasteiger partial charge in [0.1, 0.15) is 5.75 Å². The van der Waals surface area contributed by atoms with Crippen LogP contribution in [0.3, 0.4) is 0 Å². The number of carbonyl (C=O) groups is 2. The smallest absolute Gasteiger partial charge is 0.338 e. The van der Waals surface area contributed by atoms with Crippen molar-refractivity contribution in [3.05, 3.63) is 95.1 Å². The predicted molar refractivity (Wildman–Crippen MR) is 118 cm³/mol. The van der Waals surface area contributed by atoms with E-state index in [1.54, 1.807) is 32.2 Å². The normalized spacial score (nSPS) is 11.0. The van der Waals surface area contributed by atoms with E-state index in [4.69, 9.17) is 9.47 Å². The van der Waals surface area contributed by atoms with E-state index in [0.717, 1.165) is 16.9 Å². The van der Waals surface area contributed by atoms with Crippen LogP contribution in [0.25, 0.3) is 11.6 Å². The lowest BCUT2D eigenvalue weighted by Gasteiger charge is -2.13. The first-order valence-corrected chi connectivity index (χ1v) is 9.44. The van der Waals surface area contributed by atoms with Crippen molar-refractivity contribution >= 4 is 29.2 Å². The molecular formula is C25H23NO4. The van der Waals surface area contributed by atoms with Crippen molar-refractivity contribution < 1.29 is 19.1 Å². The molecule has 0 aliphatic heterocycles. The van der Waals surface area contributed by atoms with Gasteiger partial charge in [0.25, 0.3) is 5.91 Å². The van der Waals surface area contributed by atoms with Gasteiger partial charge in [-0.05, 0) is 54.0 Å². The summed E-state index contributed by atoms with van der Waals surface area (Å²) in [6.07, 6.45) is 1.82. The summed E-state index contributed by atoms with van der Waals surface area (Å²) in [5.41, 5.74) is 3.77. The lowest BCUT2D eigenvalue weighted by atomic mass is 10.0. The Kier molecular flexibility index (Phi) is 6.65. The Bertz CT molecular complexity index is 1070. The average Bonchev–Trinajstić information content (AvgIpc) is 2.79. The van der Waals surface area contributed by atoms with Crippen LogP contribution in [0.4, 0.5) is 5.69 Å². The van der Waals surface area contributed by atoms with Gasteiger partial charge in [0.15, 0.2) is 0 Å². The molecule has 0 saturated carbocycles. The highest BCUT2D eigenvalue weighted by Gasteiger charge is 2.16. The van der Waals surface area contributed by atoms with E-state index in [1.165, 1.54) is 7.11 Å². The summed E-state index contributed by atoms with van der Waals surface area (Å²) in [6, 6.07) is 22.0. The second-order valence-electron chi connectivity index (χ2n) is 6.62. The molecule has 0 unspecified atom stereocenters. The number of amides is 1. The van der Waals surface area contributed by atoms with Crippen LogP contribution in [0, 0.1) is 6.92 Å². The largest absolute Gasteiger partial charge is 0.497 e. The Morgan fingerprint density at radius 2 is 1.57 bits per heavy atom. The van der Waals surface area contributed by atoms with E-state index in [-0.39, 0.29) is 5.91 Å². The van der Waals surface area contributed by atoms with Gasteiger partial charge in [-0.15, -0.1) is 0 Å². The van der Waals surface area contributed by atoms with Crippen LogP contribution in [-0.2, 0) is 9.53 Å². The van der Waals surface area contributed by atoms with E-state index >= 15 is 0 Å². The second kappa shape index (κ2) is 9.56. The molecule has 0 aromatic heterocycles. The van der Waals surface area contributed by atoms with E-state index in [2.05, 4.69) is 5.32 Å². The third-order valence-corrected chi connectivity index (χ3v) is 4.74. The Morgan fingerprint density at radius 1 is 0.867 bits per heavy atom. The summed E-state index contributed by atoms with van der Waals surface area (Å²) < 4.78 is 10.0. The van der Waals surface area contributed by atoms with Gasteiger partial charge in [-0.2, -0.15) is 0 Å². The molecule has 152 valence electrons. The van der Waals surface area contributed by atoms with Crippen LogP contribution in [0.2, 0.25) is 0 Å². The maximum atomic E-state index is 13.2. The summed E-state index contributed by atoms with van der Waals surface area (Å²) >= 11 is 0. The molecule has 1 amide bonds. The molecular weight excluding hydrogens is 378 g/mol. The van der Waals surface area contributed by atoms with Crippen molar-refractivity contribution in [1.29, 1.82) is 0 Å². The SMILES string of the molecule is COC(=O)c1cccc(NC(=O)/C(=C/c2ccc(OC)cc2)c2ccccc2)c1C. The molecule has 0 atom stereocenters. The van der Waals surface area contributed by atoms with E-state index in [0.29, 0.717) is 22.4 Å². The minimum atomic E-state index is -0.444. The molecule has 5 nitrogen and oxygen atoms in total. The molecule has 3 aromatic rings. The zero-order valence-electron chi connectivity index (χ0n) is 17.1. The molecule has 0 aliphatic carbocycles. The molecule has 0 heterocycles. The average molecular weight is 401 g/mol. The van der Waals surface area contributed by atoms with Crippen molar-refractivity contribution in [1.82, 2.24) is 0 Å². The number of carbonyl (C=O) groups excluding carboxylic acids is 2. The lowest BCUT2D eigenvalue weighted by Crippen LogP contribution is -2.16. The number of nitrogens with one attached hydrogen (secondary N) is 1. The molecule has 0 saturated heterocycles. The van der Waals surface area contributed by atoms with Crippen LogP contribution in [0.5, 0.6) is 5.75 Å². The van der Waals surface area contributed by atoms with Gasteiger partial charge in [0.05, 0.1) is 19.8 Å². The Morgan fingerprint density at radius 3 is 2.20 bits per heavy atom. The van der Waals surface area contributed by atoms with Crippen molar-refractivity contribution in [3.63, 3.8) is 0 Å². The number of hydrogen-bond acceptors (Lipinski definition) is 4. The van der Waals surface area contributed by atoms with Crippen LogP contribution in [0.15, 0.2) is 72.8 Å². The first-order valence-electron chi connectivity index (χ1n) is 9.44. The number of hydrogen-bond donors (Lipinski definition) is 1. The van der Waals surface area contributed by atoms with Gasteiger partial charge in [-0.3, -0.25) is 4.79 Å². The summed E-state index contributed by atoms with van der Waals surface area (Å²) in [5, 5.41) is 2.93. The lowest BCUT2D eigenvalue weighted by molar-refractivity contribution is -0.111. The summed E-state index contributed by atoms with van der Waals surface area (Å²) in [6.45, 7) is 1.78. The van der Waals surface area contributed by atoms with Crippen LogP contribution in [0.1, 0.15) is 27.0 Å². The highest BCUT2D eigenvalue weighted by Crippen LogP contribution is 2.25. The third-order valence-electron chi connectivity index (χ3n) is 4.74. The highest BCUT2D eigenvalue weighted by molar-refractivity contribution is 6.29. The van der Waals surface area contributed by atoms with Gasteiger partial charge in [0, 0.05) is 11.3 Å². The second-order valence-corrected chi connectivity index (χ2v) is 6.62. The van der Waals surface area contributed by atoms with Crippen LogP contribution < -0.4 is 10.1 Å². The Balaban J connectivity index is 1.97. The molecule has 1 N–H and O–H groups in total. The maximum absolute atomic E-state index is 13.2. The van der Waals surface area contributed by atoms with Crippen molar-refractivity contribution in [2.45, 2.75) is 6.92 Å². The van der Waals surface area contributed by atoms with Gasteiger partial charge in [-0.1, -0.05) is 48.5 Å². The summed E-state index contributed by atoms with van der Waals surface area (Å²) in [4.78, 5) is 25.2. The minimum Gasteiger partial charge on any atom is -0.497 e. The molecule has 5 heteroatoms. The van der Waals surface area contributed by atoms with Crippen molar-refractivity contribution in [2.75, 3.05) is 19.5 Å². The number of benzene rings is 3. The zero-order valence-corrected chi connectivity index (χ0v) is 17.1. The zero-order chi connectivity index (χ0) is 21.5. The highest BCUT2D eigenvalue weighted by atomic mass is 16.5. The Labute approximate surface area is 176 Å².